The number of benzene rings is 1. The summed E-state index contributed by atoms with van der Waals surface area (Å²) in [7, 11) is 1.52. The number of rotatable bonds is 8. The Morgan fingerprint density at radius 3 is 2.61 bits per heavy atom. The zero-order valence-electron chi connectivity index (χ0n) is 17.6. The summed E-state index contributed by atoms with van der Waals surface area (Å²) in [5.41, 5.74) is 11.5. The number of methoxy groups -OCH3 is 1. The van der Waals surface area contributed by atoms with Crippen LogP contribution in [0.3, 0.4) is 0 Å². The quantitative estimate of drug-likeness (QED) is 0.569. The van der Waals surface area contributed by atoms with Crippen LogP contribution in [-0.4, -0.2) is 41.3 Å². The van der Waals surface area contributed by atoms with E-state index in [0.29, 0.717) is 17.9 Å². The zero-order valence-corrected chi connectivity index (χ0v) is 18.4. The molecule has 1 saturated carbocycles. The second-order valence-corrected chi connectivity index (χ2v) is 8.20. The first kappa shape index (κ1) is 22.5. The Kier molecular flexibility index (Phi) is 7.11. The van der Waals surface area contributed by atoms with Crippen LogP contribution in [0.2, 0.25) is 0 Å². The monoisotopic (exact) mass is 445 g/mol. The smallest absolute Gasteiger partial charge is 0.272 e. The molecule has 1 aliphatic rings. The Hall–Kier alpha value is -3.14. The predicted octanol–water partition coefficient (Wildman–Crippen LogP) is 2.32. The van der Waals surface area contributed by atoms with Crippen LogP contribution in [-0.2, 0) is 4.79 Å². The van der Waals surface area contributed by atoms with E-state index in [-0.39, 0.29) is 28.2 Å². The highest BCUT2D eigenvalue weighted by Crippen LogP contribution is 2.30. The second-order valence-electron chi connectivity index (χ2n) is 7.43. The number of carbonyl (C=O) groups is 3. The summed E-state index contributed by atoms with van der Waals surface area (Å²) in [6.07, 6.45) is 4.39. The lowest BCUT2D eigenvalue weighted by atomic mass is 10.1. The maximum Gasteiger partial charge on any atom is 0.272 e. The normalized spacial score (nSPS) is 14.8. The standard InChI is InChI=1S/C21H27N5O4S/c1-3-15(20(28)24-12-7-4-5-8-12)26(13-9-6-10-14(11-13)30-2)21(29)18-16(22)17(19(23)27)25-31-18/h6,9-12,15H,3-5,7-8,22H2,1-2H3,(H2,23,27)(H,24,28). The summed E-state index contributed by atoms with van der Waals surface area (Å²) >= 11 is 0.788. The van der Waals surface area contributed by atoms with E-state index in [1.165, 1.54) is 12.0 Å². The van der Waals surface area contributed by atoms with Crippen molar-refractivity contribution in [1.29, 1.82) is 0 Å². The van der Waals surface area contributed by atoms with Gasteiger partial charge in [0.1, 0.15) is 16.7 Å². The third-order valence-corrected chi connectivity index (χ3v) is 6.26. The summed E-state index contributed by atoms with van der Waals surface area (Å²) in [6, 6.07) is 6.21. The highest BCUT2D eigenvalue weighted by molar-refractivity contribution is 7.09. The fourth-order valence-corrected chi connectivity index (χ4v) is 4.53. The number of ether oxygens (including phenoxy) is 1. The molecule has 2 aromatic rings. The first-order valence-corrected chi connectivity index (χ1v) is 11.0. The van der Waals surface area contributed by atoms with Gasteiger partial charge in [0.05, 0.1) is 12.8 Å². The van der Waals surface area contributed by atoms with Crippen molar-refractivity contribution >= 4 is 40.6 Å². The second kappa shape index (κ2) is 9.78. The minimum Gasteiger partial charge on any atom is -0.497 e. The molecular weight excluding hydrogens is 418 g/mol. The van der Waals surface area contributed by atoms with Crippen LogP contribution >= 0.6 is 11.5 Å². The first-order chi connectivity index (χ1) is 14.9. The predicted molar refractivity (Wildman–Crippen MR) is 119 cm³/mol. The number of nitrogen functional groups attached to an aromatic ring is 1. The number of hydrogen-bond acceptors (Lipinski definition) is 7. The van der Waals surface area contributed by atoms with Crippen molar-refractivity contribution < 1.29 is 19.1 Å². The number of nitrogens with two attached hydrogens (primary N) is 2. The van der Waals surface area contributed by atoms with Crippen LogP contribution < -0.4 is 26.4 Å². The van der Waals surface area contributed by atoms with Crippen LogP contribution in [0.5, 0.6) is 5.75 Å². The molecule has 10 heteroatoms. The van der Waals surface area contributed by atoms with Crippen molar-refractivity contribution in [1.82, 2.24) is 9.69 Å². The Morgan fingerprint density at radius 1 is 1.32 bits per heavy atom. The highest BCUT2D eigenvalue weighted by atomic mass is 32.1. The summed E-state index contributed by atoms with van der Waals surface area (Å²) in [5, 5.41) is 3.07. The molecule has 1 fully saturated rings. The lowest BCUT2D eigenvalue weighted by Gasteiger charge is -2.31. The van der Waals surface area contributed by atoms with Gasteiger partial charge in [0.2, 0.25) is 5.91 Å². The number of nitrogens with zero attached hydrogens (tertiary/aromatic N) is 2. The molecule has 1 aromatic carbocycles. The van der Waals surface area contributed by atoms with E-state index in [9.17, 15) is 14.4 Å². The maximum absolute atomic E-state index is 13.6. The van der Waals surface area contributed by atoms with Crippen LogP contribution in [0.15, 0.2) is 24.3 Å². The van der Waals surface area contributed by atoms with E-state index in [1.54, 1.807) is 24.3 Å². The molecule has 1 heterocycles. The molecule has 3 rings (SSSR count). The van der Waals surface area contributed by atoms with E-state index in [1.807, 2.05) is 6.92 Å². The van der Waals surface area contributed by atoms with Gasteiger partial charge in [-0.05, 0) is 42.9 Å². The van der Waals surface area contributed by atoms with E-state index in [2.05, 4.69) is 9.69 Å². The van der Waals surface area contributed by atoms with Gasteiger partial charge in [-0.15, -0.1) is 0 Å². The molecule has 5 N–H and O–H groups in total. The molecule has 31 heavy (non-hydrogen) atoms. The third kappa shape index (κ3) is 4.79. The van der Waals surface area contributed by atoms with Gasteiger partial charge in [-0.25, -0.2) is 0 Å². The van der Waals surface area contributed by atoms with E-state index in [0.717, 1.165) is 37.2 Å². The summed E-state index contributed by atoms with van der Waals surface area (Å²) < 4.78 is 9.23. The number of hydrogen-bond donors (Lipinski definition) is 3. The molecule has 166 valence electrons. The van der Waals surface area contributed by atoms with Gasteiger partial charge in [-0.2, -0.15) is 4.37 Å². The molecule has 1 aliphatic carbocycles. The first-order valence-electron chi connectivity index (χ1n) is 10.2. The summed E-state index contributed by atoms with van der Waals surface area (Å²) in [4.78, 5) is 39.8. The number of primary amides is 1. The number of amides is 3. The molecule has 0 radical (unpaired) electrons. The van der Waals surface area contributed by atoms with Gasteiger partial charge in [0, 0.05) is 17.8 Å². The van der Waals surface area contributed by atoms with Gasteiger partial charge in [0.15, 0.2) is 5.69 Å². The van der Waals surface area contributed by atoms with Gasteiger partial charge in [0.25, 0.3) is 11.8 Å². The Morgan fingerprint density at radius 2 is 2.03 bits per heavy atom. The highest BCUT2D eigenvalue weighted by Gasteiger charge is 2.35. The molecule has 1 atom stereocenters. The average Bonchev–Trinajstić information content (AvgIpc) is 3.40. The minimum absolute atomic E-state index is 0.0590. The topological polar surface area (TPSA) is 141 Å². The SMILES string of the molecule is CCC(C(=O)NC1CCCC1)N(C(=O)c1snc(C(N)=O)c1N)c1cccc(OC)c1. The average molecular weight is 446 g/mol. The van der Waals surface area contributed by atoms with Crippen LogP contribution in [0.25, 0.3) is 0 Å². The van der Waals surface area contributed by atoms with Crippen molar-refractivity contribution in [3.05, 3.63) is 34.8 Å². The molecule has 1 unspecified atom stereocenters. The van der Waals surface area contributed by atoms with Gasteiger partial charge < -0.3 is 21.5 Å². The van der Waals surface area contributed by atoms with Gasteiger partial charge in [-0.3, -0.25) is 19.3 Å². The fraction of sp³-hybridized carbons (Fsp3) is 0.429. The number of anilines is 2. The van der Waals surface area contributed by atoms with E-state index in [4.69, 9.17) is 16.2 Å². The van der Waals surface area contributed by atoms with Crippen molar-refractivity contribution in [2.75, 3.05) is 17.7 Å². The molecule has 0 saturated heterocycles. The largest absolute Gasteiger partial charge is 0.497 e. The van der Waals surface area contributed by atoms with Gasteiger partial charge >= 0.3 is 0 Å². The number of carbonyl (C=O) groups excluding carboxylic acids is 3. The Labute approximate surface area is 184 Å². The number of nitrogens with one attached hydrogen (secondary N) is 1. The molecule has 0 bridgehead atoms. The summed E-state index contributed by atoms with van der Waals surface area (Å²) in [6.45, 7) is 1.84. The van der Waals surface area contributed by atoms with Crippen LogP contribution in [0, 0.1) is 0 Å². The molecular formula is C21H27N5O4S. The summed E-state index contributed by atoms with van der Waals surface area (Å²) in [5.74, 6) is -1.03. The van der Waals surface area contributed by atoms with Crippen LogP contribution in [0.4, 0.5) is 11.4 Å². The van der Waals surface area contributed by atoms with Crippen LogP contribution in [0.1, 0.15) is 59.2 Å². The molecule has 3 amide bonds. The molecule has 1 aromatic heterocycles. The van der Waals surface area contributed by atoms with Crippen molar-refractivity contribution in [3.8, 4) is 5.75 Å². The lowest BCUT2D eigenvalue weighted by Crippen LogP contribution is -2.51. The number of aromatic nitrogens is 1. The maximum atomic E-state index is 13.6. The van der Waals surface area contributed by atoms with E-state index < -0.39 is 17.9 Å². The zero-order chi connectivity index (χ0) is 22.5. The van der Waals surface area contributed by atoms with Crippen molar-refractivity contribution in [2.45, 2.75) is 51.1 Å². The Bertz CT molecular complexity index is 970. The molecule has 0 spiro atoms. The molecule has 0 aliphatic heterocycles. The lowest BCUT2D eigenvalue weighted by molar-refractivity contribution is -0.123. The van der Waals surface area contributed by atoms with Crippen molar-refractivity contribution in [2.24, 2.45) is 5.73 Å². The van der Waals surface area contributed by atoms with E-state index >= 15 is 0 Å². The Balaban J connectivity index is 2.01. The molecule has 9 nitrogen and oxygen atoms in total. The van der Waals surface area contributed by atoms with Crippen molar-refractivity contribution in [3.63, 3.8) is 0 Å². The fourth-order valence-electron chi connectivity index (χ4n) is 3.79. The minimum atomic E-state index is -0.813. The third-order valence-electron chi connectivity index (χ3n) is 5.41. The van der Waals surface area contributed by atoms with Gasteiger partial charge in [-0.1, -0.05) is 25.8 Å².